The van der Waals surface area contributed by atoms with Gasteiger partial charge in [0.1, 0.15) is 11.3 Å². The second-order valence-electron chi connectivity index (χ2n) is 8.03. The summed E-state index contributed by atoms with van der Waals surface area (Å²) in [7, 11) is 0. The lowest BCUT2D eigenvalue weighted by Crippen LogP contribution is -2.06. The molecule has 0 saturated heterocycles. The van der Waals surface area contributed by atoms with Crippen LogP contribution in [0.25, 0.3) is 33.4 Å². The van der Waals surface area contributed by atoms with Crippen molar-refractivity contribution in [2.45, 2.75) is 54.4 Å². The molecule has 4 rings (SSSR count). The van der Waals surface area contributed by atoms with Crippen LogP contribution < -0.4 is 10.7 Å². The Morgan fingerprint density at radius 2 is 1.65 bits per heavy atom. The lowest BCUT2D eigenvalue weighted by atomic mass is 9.86. The van der Waals surface area contributed by atoms with Gasteiger partial charge in [0.05, 0.1) is 0 Å². The first-order valence-electron chi connectivity index (χ1n) is 11.3. The smallest absolute Gasteiger partial charge is 0.185 e. The first kappa shape index (κ1) is 22.6. The molecule has 3 nitrogen and oxygen atoms in total. The van der Waals surface area contributed by atoms with Crippen molar-refractivity contribution >= 4 is 16.7 Å². The second kappa shape index (κ2) is 9.38. The number of hydrogen-bond donors (Lipinski definition) is 1. The van der Waals surface area contributed by atoms with Crippen LogP contribution >= 0.6 is 0 Å². The van der Waals surface area contributed by atoms with Gasteiger partial charge in [-0.25, -0.2) is 0 Å². The van der Waals surface area contributed by atoms with Crippen molar-refractivity contribution in [2.24, 2.45) is 0 Å². The van der Waals surface area contributed by atoms with Crippen LogP contribution in [-0.4, -0.2) is 6.54 Å². The molecule has 162 valence electrons. The number of aryl methyl sites for hydroxylation is 2. The van der Waals surface area contributed by atoms with E-state index in [0.29, 0.717) is 11.7 Å². The highest BCUT2D eigenvalue weighted by Gasteiger charge is 2.21. The third-order valence-corrected chi connectivity index (χ3v) is 5.58. The topological polar surface area (TPSA) is 42.2 Å². The van der Waals surface area contributed by atoms with Crippen molar-refractivity contribution in [2.75, 3.05) is 11.9 Å². The van der Waals surface area contributed by atoms with Crippen LogP contribution in [0.3, 0.4) is 0 Å². The Morgan fingerprint density at radius 3 is 2.32 bits per heavy atom. The fourth-order valence-electron chi connectivity index (χ4n) is 4.08. The minimum absolute atomic E-state index is 0.00251. The zero-order chi connectivity index (χ0) is 22.7. The van der Waals surface area contributed by atoms with Gasteiger partial charge in [0.2, 0.25) is 0 Å². The molecule has 2 aromatic rings. The summed E-state index contributed by atoms with van der Waals surface area (Å²) < 4.78 is 6.25. The molecule has 0 unspecified atom stereocenters. The third kappa shape index (κ3) is 4.23. The van der Waals surface area contributed by atoms with Crippen LogP contribution in [-0.2, 0) is 0 Å². The second-order valence-corrected chi connectivity index (χ2v) is 8.03. The van der Waals surface area contributed by atoms with E-state index < -0.39 is 0 Å². The maximum Gasteiger partial charge on any atom is 0.185 e. The highest BCUT2D eigenvalue weighted by atomic mass is 16.3. The Kier molecular flexibility index (Phi) is 6.84. The standard InChI is InChI=1S/C26H27NO2.C2H6/c1-6-27-22-13-24-20(11-16(22)4)26(19-10-8-7-9-18(19)15(2)3)21-12-17(5)23(28)14-25(21)29-24;1-2/h7-15,27H,6H2,1-5H3;1-2H3. The average molecular weight is 416 g/mol. The van der Waals surface area contributed by atoms with Crippen molar-refractivity contribution in [3.63, 3.8) is 0 Å². The molecule has 0 bridgehead atoms. The summed E-state index contributed by atoms with van der Waals surface area (Å²) in [6, 6.07) is 16.4. The summed E-state index contributed by atoms with van der Waals surface area (Å²) in [5.74, 6) is 1.02. The average Bonchev–Trinajstić information content (AvgIpc) is 2.76. The van der Waals surface area contributed by atoms with E-state index >= 15 is 0 Å². The van der Waals surface area contributed by atoms with Gasteiger partial charge in [0, 0.05) is 40.9 Å². The lowest BCUT2D eigenvalue weighted by molar-refractivity contribution is 0.619. The molecule has 0 radical (unpaired) electrons. The normalized spacial score (nSPS) is 11.0. The number of anilines is 1. The van der Waals surface area contributed by atoms with Crippen LogP contribution in [0.4, 0.5) is 5.69 Å². The van der Waals surface area contributed by atoms with Crippen molar-refractivity contribution in [3.05, 3.63) is 75.4 Å². The maximum atomic E-state index is 12.3. The molecule has 0 saturated carbocycles. The molecule has 0 aromatic heterocycles. The fraction of sp³-hybridized carbons (Fsp3) is 0.321. The summed E-state index contributed by atoms with van der Waals surface area (Å²) in [4.78, 5) is 12.3. The lowest BCUT2D eigenvalue weighted by Gasteiger charge is -2.20. The zero-order valence-corrected chi connectivity index (χ0v) is 19.7. The number of nitrogens with one attached hydrogen (secondary N) is 1. The molecule has 1 aliphatic heterocycles. The van der Waals surface area contributed by atoms with Crippen molar-refractivity contribution in [1.29, 1.82) is 0 Å². The summed E-state index contributed by atoms with van der Waals surface area (Å²) in [6.45, 7) is 15.3. The van der Waals surface area contributed by atoms with E-state index in [4.69, 9.17) is 4.42 Å². The van der Waals surface area contributed by atoms with Gasteiger partial charge in [0.25, 0.3) is 0 Å². The first-order valence-corrected chi connectivity index (χ1v) is 11.3. The van der Waals surface area contributed by atoms with E-state index in [-0.39, 0.29) is 5.43 Å². The number of rotatable bonds is 4. The molecule has 2 aromatic carbocycles. The van der Waals surface area contributed by atoms with Gasteiger partial charge in [0.15, 0.2) is 5.43 Å². The number of hydrogen-bond acceptors (Lipinski definition) is 3. The molecular formula is C28H33NO2. The minimum Gasteiger partial charge on any atom is -0.456 e. The Hall–Kier alpha value is -3.07. The summed E-state index contributed by atoms with van der Waals surface area (Å²) in [5, 5.41) is 4.48. The van der Waals surface area contributed by atoms with Crippen LogP contribution in [0.15, 0.2) is 57.7 Å². The van der Waals surface area contributed by atoms with Gasteiger partial charge in [-0.2, -0.15) is 0 Å². The SMILES string of the molecule is CC.CCNc1cc2oc3cc(=O)c(C)cc-3c(-c3ccccc3C(C)C)c2cc1C. The summed E-state index contributed by atoms with van der Waals surface area (Å²) in [6.07, 6.45) is 0. The van der Waals surface area contributed by atoms with Gasteiger partial charge in [-0.15, -0.1) is 0 Å². The third-order valence-electron chi connectivity index (χ3n) is 5.58. The first-order chi connectivity index (χ1) is 14.9. The molecule has 0 fully saturated rings. The van der Waals surface area contributed by atoms with Crippen LogP contribution in [0.5, 0.6) is 0 Å². The predicted octanol–water partition coefficient (Wildman–Crippen LogP) is 7.76. The number of benzene rings is 3. The van der Waals surface area contributed by atoms with Crippen molar-refractivity contribution in [1.82, 2.24) is 0 Å². The summed E-state index contributed by atoms with van der Waals surface area (Å²) in [5.41, 5.74) is 8.36. The zero-order valence-electron chi connectivity index (χ0n) is 19.7. The van der Waals surface area contributed by atoms with Gasteiger partial charge in [-0.05, 0) is 61.1 Å². The van der Waals surface area contributed by atoms with Crippen molar-refractivity contribution in [3.8, 4) is 22.5 Å². The van der Waals surface area contributed by atoms with E-state index in [0.717, 1.165) is 39.9 Å². The molecule has 1 heterocycles. The Bertz CT molecular complexity index is 1230. The molecule has 0 atom stereocenters. The summed E-state index contributed by atoms with van der Waals surface area (Å²) >= 11 is 0. The van der Waals surface area contributed by atoms with Gasteiger partial charge in [-0.1, -0.05) is 52.0 Å². The molecular weight excluding hydrogens is 382 g/mol. The molecule has 2 aliphatic rings. The molecule has 3 heteroatoms. The molecule has 1 N–H and O–H groups in total. The quantitative estimate of drug-likeness (QED) is 0.346. The maximum absolute atomic E-state index is 12.3. The molecule has 31 heavy (non-hydrogen) atoms. The molecule has 0 spiro atoms. The highest BCUT2D eigenvalue weighted by Crippen LogP contribution is 2.43. The van der Waals surface area contributed by atoms with E-state index in [9.17, 15) is 4.79 Å². The van der Waals surface area contributed by atoms with Crippen LogP contribution in [0.1, 0.15) is 57.2 Å². The van der Waals surface area contributed by atoms with E-state index in [2.05, 4.69) is 69.4 Å². The van der Waals surface area contributed by atoms with Crippen LogP contribution in [0.2, 0.25) is 0 Å². The van der Waals surface area contributed by atoms with E-state index in [1.165, 1.54) is 16.7 Å². The Balaban J connectivity index is 0.00000132. The van der Waals surface area contributed by atoms with Gasteiger partial charge in [-0.3, -0.25) is 4.79 Å². The Morgan fingerprint density at radius 1 is 0.935 bits per heavy atom. The predicted molar refractivity (Wildman–Crippen MR) is 134 cm³/mol. The van der Waals surface area contributed by atoms with Gasteiger partial charge >= 0.3 is 0 Å². The largest absolute Gasteiger partial charge is 0.456 e. The number of fused-ring (bicyclic) bond motifs is 2. The van der Waals surface area contributed by atoms with E-state index in [1.807, 2.05) is 26.8 Å². The van der Waals surface area contributed by atoms with Gasteiger partial charge < -0.3 is 9.73 Å². The van der Waals surface area contributed by atoms with Crippen LogP contribution in [0, 0.1) is 13.8 Å². The monoisotopic (exact) mass is 415 g/mol. The highest BCUT2D eigenvalue weighted by molar-refractivity contribution is 6.04. The molecule has 0 amide bonds. The fourth-order valence-corrected chi connectivity index (χ4v) is 4.08. The Labute approximate surface area is 185 Å². The minimum atomic E-state index is 0.00251. The van der Waals surface area contributed by atoms with Crippen molar-refractivity contribution < 1.29 is 4.42 Å². The van der Waals surface area contributed by atoms with E-state index in [1.54, 1.807) is 6.07 Å². The molecule has 1 aliphatic carbocycles.